The molecule has 2 unspecified atom stereocenters. The number of amides is 2. The van der Waals surface area contributed by atoms with Gasteiger partial charge < -0.3 is 20.1 Å². The molecule has 29 heavy (non-hydrogen) atoms. The van der Waals surface area contributed by atoms with Crippen LogP contribution in [0.5, 0.6) is 0 Å². The predicted octanol–water partition coefficient (Wildman–Crippen LogP) is 1.07. The Morgan fingerprint density at radius 2 is 1.93 bits per heavy atom. The van der Waals surface area contributed by atoms with Crippen LogP contribution in [0.1, 0.15) is 12.1 Å². The molecule has 0 bridgehead atoms. The van der Waals surface area contributed by atoms with Crippen LogP contribution in [0, 0.1) is 0 Å². The lowest BCUT2D eigenvalue weighted by Gasteiger charge is -2.20. The molecule has 0 spiro atoms. The lowest BCUT2D eigenvalue weighted by Crippen LogP contribution is -2.49. The minimum atomic E-state index is -1.59. The molecule has 2 rings (SSSR count). The van der Waals surface area contributed by atoms with E-state index in [9.17, 15) is 23.6 Å². The van der Waals surface area contributed by atoms with Crippen LogP contribution >= 0.6 is 0 Å². The number of nitrogens with one attached hydrogen (secondary N) is 3. The standard InChI is InChI=1S/C18H19FN4O6/c19-8-14(24)13(7-16(25)26)23-17(27)15(6-12-9-20-10-21-12)29-18(28)22-11-4-2-1-3-5-11/h1-5,9-10,13,15H,6-8H2,(H,20,21)(H,22,28)(H,23,27)(H,25,26). The van der Waals surface area contributed by atoms with Crippen molar-refractivity contribution < 1.29 is 33.4 Å². The molecule has 0 radical (unpaired) electrons. The SMILES string of the molecule is O=C(O)CC(NC(=O)C(Cc1cnc[nH]1)OC(=O)Nc1ccccc1)C(=O)CF. The smallest absolute Gasteiger partial charge is 0.412 e. The lowest BCUT2D eigenvalue weighted by atomic mass is 10.1. The number of ketones is 1. The molecule has 1 aromatic carbocycles. The van der Waals surface area contributed by atoms with Crippen molar-refractivity contribution in [3.8, 4) is 0 Å². The maximum atomic E-state index is 12.7. The topological polar surface area (TPSA) is 150 Å². The van der Waals surface area contributed by atoms with Crippen LogP contribution in [0.4, 0.5) is 14.9 Å². The van der Waals surface area contributed by atoms with Crippen LogP contribution in [0.25, 0.3) is 0 Å². The zero-order valence-electron chi connectivity index (χ0n) is 15.1. The first-order valence-electron chi connectivity index (χ1n) is 8.49. The summed E-state index contributed by atoms with van der Waals surface area (Å²) in [7, 11) is 0. The third-order valence-corrected chi connectivity index (χ3v) is 3.74. The maximum Gasteiger partial charge on any atom is 0.412 e. The van der Waals surface area contributed by atoms with E-state index in [1.807, 2.05) is 0 Å². The summed E-state index contributed by atoms with van der Waals surface area (Å²) in [4.78, 5) is 53.7. The summed E-state index contributed by atoms with van der Waals surface area (Å²) < 4.78 is 17.8. The molecule has 0 saturated carbocycles. The van der Waals surface area contributed by atoms with Crippen molar-refractivity contribution in [1.29, 1.82) is 0 Å². The molecule has 10 nitrogen and oxygen atoms in total. The van der Waals surface area contributed by atoms with E-state index in [4.69, 9.17) is 9.84 Å². The number of nitrogens with zero attached hydrogens (tertiary/aromatic N) is 1. The number of Topliss-reactive ketones (excluding diaryl/α,β-unsaturated/α-hetero) is 1. The Hall–Kier alpha value is -3.76. The number of benzene rings is 1. The number of carbonyl (C=O) groups is 4. The molecule has 0 fully saturated rings. The van der Waals surface area contributed by atoms with Crippen molar-refractivity contribution in [2.75, 3.05) is 12.0 Å². The van der Waals surface area contributed by atoms with Gasteiger partial charge in [-0.15, -0.1) is 0 Å². The van der Waals surface area contributed by atoms with E-state index in [0.717, 1.165) is 0 Å². The molecule has 0 aliphatic heterocycles. The van der Waals surface area contributed by atoms with Crippen molar-refractivity contribution >= 4 is 29.4 Å². The van der Waals surface area contributed by atoms with E-state index < -0.39 is 49.0 Å². The molecule has 1 heterocycles. The summed E-state index contributed by atoms with van der Waals surface area (Å²) in [5.41, 5.74) is 0.874. The van der Waals surface area contributed by atoms with Gasteiger partial charge in [0, 0.05) is 24.0 Å². The number of halogens is 1. The van der Waals surface area contributed by atoms with Gasteiger partial charge in [0.1, 0.15) is 12.7 Å². The minimum absolute atomic E-state index is 0.127. The molecular formula is C18H19FN4O6. The fraction of sp³-hybridized carbons (Fsp3) is 0.278. The van der Waals surface area contributed by atoms with Crippen LogP contribution in [-0.2, 0) is 25.5 Å². The molecule has 0 aliphatic carbocycles. The van der Waals surface area contributed by atoms with Crippen molar-refractivity contribution in [2.45, 2.75) is 25.0 Å². The Kier molecular flexibility index (Phi) is 7.83. The molecule has 2 aromatic rings. The van der Waals surface area contributed by atoms with E-state index >= 15 is 0 Å². The van der Waals surface area contributed by atoms with Crippen LogP contribution in [0.3, 0.4) is 0 Å². The van der Waals surface area contributed by atoms with Crippen molar-refractivity contribution in [3.05, 3.63) is 48.5 Å². The molecule has 0 aliphatic rings. The summed E-state index contributed by atoms with van der Waals surface area (Å²) in [6.45, 7) is -1.45. The van der Waals surface area contributed by atoms with Crippen molar-refractivity contribution in [2.24, 2.45) is 0 Å². The number of carbonyl (C=O) groups excluding carboxylic acids is 3. The van der Waals surface area contributed by atoms with E-state index in [0.29, 0.717) is 11.4 Å². The number of anilines is 1. The average molecular weight is 406 g/mol. The Morgan fingerprint density at radius 1 is 1.21 bits per heavy atom. The van der Waals surface area contributed by atoms with Gasteiger partial charge in [-0.2, -0.15) is 0 Å². The summed E-state index contributed by atoms with van der Waals surface area (Å²) >= 11 is 0. The Morgan fingerprint density at radius 3 is 2.52 bits per heavy atom. The van der Waals surface area contributed by atoms with Gasteiger partial charge in [-0.3, -0.25) is 19.7 Å². The number of hydrogen-bond donors (Lipinski definition) is 4. The van der Waals surface area contributed by atoms with Gasteiger partial charge in [0.25, 0.3) is 5.91 Å². The van der Waals surface area contributed by atoms with Crippen LogP contribution in [0.2, 0.25) is 0 Å². The minimum Gasteiger partial charge on any atom is -0.481 e. The number of rotatable bonds is 10. The largest absolute Gasteiger partial charge is 0.481 e. The fourth-order valence-electron chi connectivity index (χ4n) is 2.36. The highest BCUT2D eigenvalue weighted by molar-refractivity contribution is 5.94. The fourth-order valence-corrected chi connectivity index (χ4v) is 2.36. The highest BCUT2D eigenvalue weighted by atomic mass is 19.1. The summed E-state index contributed by atoms with van der Waals surface area (Å²) in [5, 5.41) is 13.4. The molecule has 2 atom stereocenters. The van der Waals surface area contributed by atoms with Gasteiger partial charge in [-0.1, -0.05) is 18.2 Å². The van der Waals surface area contributed by atoms with Gasteiger partial charge in [-0.25, -0.2) is 14.2 Å². The first kappa shape index (κ1) is 21.5. The quantitative estimate of drug-likeness (QED) is 0.461. The predicted molar refractivity (Wildman–Crippen MR) is 97.8 cm³/mol. The number of ether oxygens (including phenoxy) is 1. The van der Waals surface area contributed by atoms with E-state index in [1.165, 1.54) is 12.5 Å². The van der Waals surface area contributed by atoms with Gasteiger partial charge in [0.2, 0.25) is 0 Å². The highest BCUT2D eigenvalue weighted by Crippen LogP contribution is 2.09. The van der Waals surface area contributed by atoms with Gasteiger partial charge >= 0.3 is 12.1 Å². The van der Waals surface area contributed by atoms with Gasteiger partial charge in [0.15, 0.2) is 11.9 Å². The maximum absolute atomic E-state index is 12.7. The molecule has 11 heteroatoms. The number of hydrogen-bond acceptors (Lipinski definition) is 6. The number of aliphatic carboxylic acids is 1. The number of H-pyrrole nitrogens is 1. The summed E-state index contributed by atoms with van der Waals surface area (Å²) in [6.07, 6.45) is -0.543. The molecular weight excluding hydrogens is 387 g/mol. The summed E-state index contributed by atoms with van der Waals surface area (Å²) in [5.74, 6) is -3.45. The molecule has 0 saturated heterocycles. The number of carboxylic acids is 1. The normalized spacial score (nSPS) is 12.4. The first-order chi connectivity index (χ1) is 13.9. The number of alkyl halides is 1. The van der Waals surface area contributed by atoms with E-state index in [-0.39, 0.29) is 6.42 Å². The van der Waals surface area contributed by atoms with E-state index in [1.54, 1.807) is 30.3 Å². The molecule has 154 valence electrons. The monoisotopic (exact) mass is 406 g/mol. The molecule has 4 N–H and O–H groups in total. The van der Waals surface area contributed by atoms with Gasteiger partial charge in [-0.05, 0) is 12.1 Å². The van der Waals surface area contributed by atoms with Crippen LogP contribution in [0.15, 0.2) is 42.9 Å². The highest BCUT2D eigenvalue weighted by Gasteiger charge is 2.30. The van der Waals surface area contributed by atoms with Crippen molar-refractivity contribution in [1.82, 2.24) is 15.3 Å². The Bertz CT molecular complexity index is 843. The Labute approximate surface area is 164 Å². The van der Waals surface area contributed by atoms with Gasteiger partial charge in [0.05, 0.1) is 12.7 Å². The second-order valence-corrected chi connectivity index (χ2v) is 5.92. The van der Waals surface area contributed by atoms with Crippen molar-refractivity contribution in [3.63, 3.8) is 0 Å². The molecule has 1 aromatic heterocycles. The number of carboxylic acid groups (broad SMARTS) is 1. The third kappa shape index (κ3) is 7.05. The zero-order valence-corrected chi connectivity index (χ0v) is 15.1. The van der Waals surface area contributed by atoms with Crippen LogP contribution in [-0.4, -0.2) is 57.6 Å². The number of aromatic amines is 1. The third-order valence-electron chi connectivity index (χ3n) is 3.74. The average Bonchev–Trinajstić information content (AvgIpc) is 3.19. The van der Waals surface area contributed by atoms with Crippen LogP contribution < -0.4 is 10.6 Å². The van der Waals surface area contributed by atoms with E-state index in [2.05, 4.69) is 20.6 Å². The second-order valence-electron chi connectivity index (χ2n) is 5.92. The molecule has 2 amide bonds. The lowest BCUT2D eigenvalue weighted by molar-refractivity contribution is -0.141. The summed E-state index contributed by atoms with van der Waals surface area (Å²) in [6, 6.07) is 6.74. The first-order valence-corrected chi connectivity index (χ1v) is 8.49. The number of imidazole rings is 1. The zero-order chi connectivity index (χ0) is 21.2. The Balaban J connectivity index is 2.10. The number of aromatic nitrogens is 2. The number of para-hydroxylation sites is 1. The second kappa shape index (κ2) is 10.5.